The zero-order valence-corrected chi connectivity index (χ0v) is 11.6. The highest BCUT2D eigenvalue weighted by Gasteiger charge is 2.19. The molecule has 1 aliphatic rings. The maximum Gasteiger partial charge on any atom is 0.152 e. The molecule has 1 N–H and O–H groups in total. The van der Waals surface area contributed by atoms with Crippen LogP contribution in [0, 0.1) is 0 Å². The van der Waals surface area contributed by atoms with E-state index in [9.17, 15) is 0 Å². The molecule has 1 aromatic carbocycles. The largest absolute Gasteiger partial charge is 0.362 e. The molecule has 2 heterocycles. The van der Waals surface area contributed by atoms with Crippen LogP contribution in [0.5, 0.6) is 0 Å². The van der Waals surface area contributed by atoms with E-state index < -0.39 is 0 Å². The molecule has 2 aromatic rings. The van der Waals surface area contributed by atoms with Crippen LogP contribution < -0.4 is 10.2 Å². The standard InChI is InChI=1S/C13H16ClN5/c1-15-7-10-2-3-11(14)6-12(10)18-4-5-19-9-16-17-13(19)8-18/h2-3,6,9,15H,4-5,7-8H2,1H3. The maximum absolute atomic E-state index is 6.14. The van der Waals surface area contributed by atoms with Crippen molar-refractivity contribution < 1.29 is 0 Å². The van der Waals surface area contributed by atoms with Crippen LogP contribution in [0.1, 0.15) is 11.4 Å². The molecule has 100 valence electrons. The molecule has 0 fully saturated rings. The molecular formula is C13H16ClN5. The van der Waals surface area contributed by atoms with Crippen LogP contribution in [0.25, 0.3) is 0 Å². The summed E-state index contributed by atoms with van der Waals surface area (Å²) < 4.78 is 2.10. The predicted molar refractivity (Wildman–Crippen MR) is 75.3 cm³/mol. The number of aromatic nitrogens is 3. The molecule has 19 heavy (non-hydrogen) atoms. The van der Waals surface area contributed by atoms with Gasteiger partial charge in [-0.2, -0.15) is 0 Å². The van der Waals surface area contributed by atoms with E-state index in [4.69, 9.17) is 11.6 Å². The van der Waals surface area contributed by atoms with Crippen molar-refractivity contribution in [2.75, 3.05) is 18.5 Å². The van der Waals surface area contributed by atoms with E-state index in [0.717, 1.165) is 37.0 Å². The molecule has 0 aliphatic carbocycles. The predicted octanol–water partition coefficient (Wildman–Crippen LogP) is 1.67. The van der Waals surface area contributed by atoms with Gasteiger partial charge < -0.3 is 14.8 Å². The maximum atomic E-state index is 6.14. The number of anilines is 1. The third kappa shape index (κ3) is 2.43. The number of nitrogens with one attached hydrogen (secondary N) is 1. The molecule has 0 bridgehead atoms. The summed E-state index contributed by atoms with van der Waals surface area (Å²) in [5.74, 6) is 1.00. The summed E-state index contributed by atoms with van der Waals surface area (Å²) in [5.41, 5.74) is 2.43. The van der Waals surface area contributed by atoms with Gasteiger partial charge in [-0.25, -0.2) is 0 Å². The first-order valence-corrected chi connectivity index (χ1v) is 6.70. The molecule has 6 heteroatoms. The molecule has 5 nitrogen and oxygen atoms in total. The first-order valence-electron chi connectivity index (χ1n) is 6.32. The van der Waals surface area contributed by atoms with Crippen molar-refractivity contribution in [3.05, 3.63) is 40.9 Å². The summed E-state index contributed by atoms with van der Waals surface area (Å²) >= 11 is 6.14. The zero-order chi connectivity index (χ0) is 13.2. The molecule has 0 spiro atoms. The Bertz CT molecular complexity index is 580. The van der Waals surface area contributed by atoms with Gasteiger partial charge in [0, 0.05) is 30.3 Å². The van der Waals surface area contributed by atoms with Crippen LogP contribution in [0.15, 0.2) is 24.5 Å². The fourth-order valence-corrected chi connectivity index (χ4v) is 2.61. The van der Waals surface area contributed by atoms with Crippen LogP contribution >= 0.6 is 11.6 Å². The van der Waals surface area contributed by atoms with E-state index in [1.54, 1.807) is 6.33 Å². The Morgan fingerprint density at radius 3 is 3.11 bits per heavy atom. The van der Waals surface area contributed by atoms with Crippen LogP contribution in [-0.4, -0.2) is 28.4 Å². The molecule has 0 unspecified atom stereocenters. The Labute approximate surface area is 117 Å². The van der Waals surface area contributed by atoms with Gasteiger partial charge in [0.15, 0.2) is 5.82 Å². The molecule has 0 radical (unpaired) electrons. The number of halogens is 1. The number of hydrogen-bond donors (Lipinski definition) is 1. The number of rotatable bonds is 3. The van der Waals surface area contributed by atoms with Crippen LogP contribution in [0.3, 0.4) is 0 Å². The number of benzene rings is 1. The van der Waals surface area contributed by atoms with Gasteiger partial charge in [-0.3, -0.25) is 0 Å². The molecule has 0 atom stereocenters. The van der Waals surface area contributed by atoms with E-state index in [2.05, 4.69) is 31.0 Å². The molecule has 1 aromatic heterocycles. The molecule has 3 rings (SSSR count). The Hall–Kier alpha value is -1.59. The minimum absolute atomic E-state index is 0.766. The summed E-state index contributed by atoms with van der Waals surface area (Å²) in [6.45, 7) is 3.46. The molecule has 0 saturated carbocycles. The Morgan fingerprint density at radius 1 is 1.37 bits per heavy atom. The highest BCUT2D eigenvalue weighted by molar-refractivity contribution is 6.30. The lowest BCUT2D eigenvalue weighted by Crippen LogP contribution is -2.34. The van der Waals surface area contributed by atoms with Crippen molar-refractivity contribution in [3.8, 4) is 0 Å². The van der Waals surface area contributed by atoms with Crippen molar-refractivity contribution in [1.82, 2.24) is 20.1 Å². The minimum Gasteiger partial charge on any atom is -0.362 e. The third-order valence-corrected chi connectivity index (χ3v) is 3.63. The van der Waals surface area contributed by atoms with Crippen LogP contribution in [0.2, 0.25) is 5.02 Å². The van der Waals surface area contributed by atoms with Gasteiger partial charge in [0.05, 0.1) is 6.54 Å². The summed E-state index contributed by atoms with van der Waals surface area (Å²) in [5, 5.41) is 12.1. The summed E-state index contributed by atoms with van der Waals surface area (Å²) in [4.78, 5) is 2.31. The SMILES string of the molecule is CNCc1ccc(Cl)cc1N1CCn2cnnc2C1. The fraction of sp³-hybridized carbons (Fsp3) is 0.385. The second kappa shape index (κ2) is 5.19. The zero-order valence-electron chi connectivity index (χ0n) is 10.8. The summed E-state index contributed by atoms with van der Waals surface area (Å²) in [7, 11) is 1.95. The number of fused-ring (bicyclic) bond motifs is 1. The molecule has 0 saturated heterocycles. The first-order chi connectivity index (χ1) is 9.28. The smallest absolute Gasteiger partial charge is 0.152 e. The van der Waals surface area contributed by atoms with Gasteiger partial charge >= 0.3 is 0 Å². The van der Waals surface area contributed by atoms with E-state index in [1.807, 2.05) is 19.2 Å². The monoisotopic (exact) mass is 277 g/mol. The van der Waals surface area contributed by atoms with Crippen molar-refractivity contribution in [1.29, 1.82) is 0 Å². The van der Waals surface area contributed by atoms with Crippen molar-refractivity contribution in [2.24, 2.45) is 0 Å². The summed E-state index contributed by atoms with van der Waals surface area (Å²) in [6.07, 6.45) is 1.79. The van der Waals surface area contributed by atoms with E-state index >= 15 is 0 Å². The lowest BCUT2D eigenvalue weighted by atomic mass is 10.1. The second-order valence-corrected chi connectivity index (χ2v) is 5.10. The van der Waals surface area contributed by atoms with Crippen molar-refractivity contribution in [2.45, 2.75) is 19.6 Å². The Morgan fingerprint density at radius 2 is 2.26 bits per heavy atom. The topological polar surface area (TPSA) is 46.0 Å². The second-order valence-electron chi connectivity index (χ2n) is 4.67. The van der Waals surface area contributed by atoms with Gasteiger partial charge in [0.1, 0.15) is 6.33 Å². The molecule has 0 amide bonds. The third-order valence-electron chi connectivity index (χ3n) is 3.39. The Kier molecular flexibility index (Phi) is 3.40. The van der Waals surface area contributed by atoms with Crippen LogP contribution in [0.4, 0.5) is 5.69 Å². The lowest BCUT2D eigenvalue weighted by molar-refractivity contribution is 0.558. The van der Waals surface area contributed by atoms with Gasteiger partial charge in [-0.15, -0.1) is 10.2 Å². The highest BCUT2D eigenvalue weighted by atomic mass is 35.5. The first kappa shape index (κ1) is 12.4. The van der Waals surface area contributed by atoms with Crippen molar-refractivity contribution in [3.63, 3.8) is 0 Å². The van der Waals surface area contributed by atoms with Gasteiger partial charge in [-0.05, 0) is 24.7 Å². The van der Waals surface area contributed by atoms with Gasteiger partial charge in [-0.1, -0.05) is 17.7 Å². The van der Waals surface area contributed by atoms with E-state index in [1.165, 1.54) is 11.3 Å². The highest BCUT2D eigenvalue weighted by Crippen LogP contribution is 2.27. The quantitative estimate of drug-likeness (QED) is 0.927. The average molecular weight is 278 g/mol. The average Bonchev–Trinajstić information content (AvgIpc) is 2.88. The minimum atomic E-state index is 0.766. The Balaban J connectivity index is 1.92. The van der Waals surface area contributed by atoms with Gasteiger partial charge in [0.2, 0.25) is 0 Å². The molecule has 1 aliphatic heterocycles. The van der Waals surface area contributed by atoms with E-state index in [-0.39, 0.29) is 0 Å². The van der Waals surface area contributed by atoms with Gasteiger partial charge in [0.25, 0.3) is 0 Å². The summed E-state index contributed by atoms with van der Waals surface area (Å²) in [6, 6.07) is 6.04. The number of hydrogen-bond acceptors (Lipinski definition) is 4. The molecular weight excluding hydrogens is 262 g/mol. The number of nitrogens with zero attached hydrogens (tertiary/aromatic N) is 4. The fourth-order valence-electron chi connectivity index (χ4n) is 2.44. The van der Waals surface area contributed by atoms with Crippen LogP contribution in [-0.2, 0) is 19.6 Å². The van der Waals surface area contributed by atoms with E-state index in [0.29, 0.717) is 0 Å². The lowest BCUT2D eigenvalue weighted by Gasteiger charge is -2.30. The normalized spacial score (nSPS) is 14.5. The van der Waals surface area contributed by atoms with Crippen molar-refractivity contribution >= 4 is 17.3 Å².